The number of aromatic nitrogens is 2. The fourth-order valence-corrected chi connectivity index (χ4v) is 8.71. The standard InChI is InChI=1S/C52H38N4/c1-3-13-35(14-4-1)46-28-25-39(34-53-46)48-22-12-21-47(54-48)38-15-11-18-41(31-38)56-50-24-10-8-20-43(50)45-33-37(27-30-52(45)56)36-26-29-51-44(32-36)42-19-7-9-23-49(42)55(51)40-16-5-2-6-17-40/h1-33,48,53-54H,34H2. The van der Waals surface area contributed by atoms with Gasteiger partial charge in [-0.15, -0.1) is 0 Å². The second-order valence-electron chi connectivity index (χ2n) is 14.7. The number of allylic oxidation sites excluding steroid dienone is 4. The maximum atomic E-state index is 3.83. The van der Waals surface area contributed by atoms with Crippen LogP contribution in [0.2, 0.25) is 0 Å². The highest BCUT2D eigenvalue weighted by molar-refractivity contribution is 6.12. The molecule has 0 amide bonds. The van der Waals surface area contributed by atoms with Crippen LogP contribution in [-0.4, -0.2) is 21.7 Å². The molecule has 0 radical (unpaired) electrons. The van der Waals surface area contributed by atoms with Gasteiger partial charge in [-0.1, -0.05) is 127 Å². The van der Waals surface area contributed by atoms with E-state index in [1.807, 2.05) is 0 Å². The Bertz CT molecular complexity index is 3100. The third-order valence-corrected chi connectivity index (χ3v) is 11.4. The third kappa shape index (κ3) is 5.38. The summed E-state index contributed by atoms with van der Waals surface area (Å²) in [5.74, 6) is 0. The van der Waals surface area contributed by atoms with E-state index in [-0.39, 0.29) is 6.04 Å². The highest BCUT2D eigenvalue weighted by Gasteiger charge is 2.20. The lowest BCUT2D eigenvalue weighted by Gasteiger charge is -2.27. The van der Waals surface area contributed by atoms with Crippen LogP contribution >= 0.6 is 0 Å². The van der Waals surface area contributed by atoms with Crippen LogP contribution in [0.3, 0.4) is 0 Å². The van der Waals surface area contributed by atoms with Gasteiger partial charge in [0.05, 0.1) is 28.1 Å². The van der Waals surface area contributed by atoms with E-state index in [0.717, 1.165) is 29.2 Å². The van der Waals surface area contributed by atoms with Gasteiger partial charge in [0, 0.05) is 50.9 Å². The first-order valence-electron chi connectivity index (χ1n) is 19.3. The Morgan fingerprint density at radius 1 is 0.411 bits per heavy atom. The van der Waals surface area contributed by atoms with Gasteiger partial charge in [-0.3, -0.25) is 0 Å². The summed E-state index contributed by atoms with van der Waals surface area (Å²) in [5.41, 5.74) is 15.5. The SMILES string of the molecule is C1=CC(C2=CC=C(c3ccccc3)NC2)NC(c2cccc(-n3c4ccccc4c4cc(-c5ccc6c(c5)c5ccccc5n6-c5ccccc5)ccc43)c2)=C1. The van der Waals surface area contributed by atoms with Crippen LogP contribution in [0.15, 0.2) is 206 Å². The lowest BCUT2D eigenvalue weighted by atomic mass is 9.98. The Morgan fingerprint density at radius 2 is 0.982 bits per heavy atom. The summed E-state index contributed by atoms with van der Waals surface area (Å²) in [5, 5.41) is 12.5. The molecular formula is C52H38N4. The van der Waals surface area contributed by atoms with E-state index in [1.165, 1.54) is 71.6 Å². The van der Waals surface area contributed by atoms with Crippen LogP contribution in [0.5, 0.6) is 0 Å². The van der Waals surface area contributed by atoms with E-state index < -0.39 is 0 Å². The van der Waals surface area contributed by atoms with Crippen molar-refractivity contribution in [1.82, 2.24) is 19.8 Å². The lowest BCUT2D eigenvalue weighted by Crippen LogP contribution is -2.34. The topological polar surface area (TPSA) is 33.9 Å². The highest BCUT2D eigenvalue weighted by Crippen LogP contribution is 2.38. The molecule has 0 fully saturated rings. The molecule has 2 aliphatic rings. The Kier molecular flexibility index (Phi) is 7.59. The Balaban J connectivity index is 0.949. The molecule has 4 nitrogen and oxygen atoms in total. The summed E-state index contributed by atoms with van der Waals surface area (Å²) < 4.78 is 4.78. The second kappa shape index (κ2) is 13.2. The van der Waals surface area contributed by atoms with Crippen molar-refractivity contribution >= 4 is 55.0 Å². The number of nitrogens with zero attached hydrogens (tertiary/aromatic N) is 2. The van der Waals surface area contributed by atoms with E-state index in [9.17, 15) is 0 Å². The molecule has 1 unspecified atom stereocenters. The van der Waals surface area contributed by atoms with Gasteiger partial charge < -0.3 is 19.8 Å². The van der Waals surface area contributed by atoms with Crippen molar-refractivity contribution in [3.63, 3.8) is 0 Å². The molecule has 0 spiro atoms. The first kappa shape index (κ1) is 32.2. The summed E-state index contributed by atoms with van der Waals surface area (Å²) in [6, 6.07) is 61.6. The third-order valence-electron chi connectivity index (χ3n) is 11.4. The predicted octanol–water partition coefficient (Wildman–Crippen LogP) is 12.0. The normalized spacial score (nSPS) is 15.4. The van der Waals surface area contributed by atoms with Crippen molar-refractivity contribution in [3.8, 4) is 22.5 Å². The van der Waals surface area contributed by atoms with Crippen LogP contribution in [0.25, 0.3) is 77.5 Å². The maximum Gasteiger partial charge on any atom is 0.0681 e. The molecule has 0 saturated carbocycles. The quantitative estimate of drug-likeness (QED) is 0.179. The highest BCUT2D eigenvalue weighted by atomic mass is 15.0. The zero-order chi connectivity index (χ0) is 37.0. The fraction of sp³-hybridized carbons (Fsp3) is 0.0385. The predicted molar refractivity (Wildman–Crippen MR) is 235 cm³/mol. The van der Waals surface area contributed by atoms with Crippen molar-refractivity contribution in [3.05, 3.63) is 217 Å². The molecule has 266 valence electrons. The molecule has 56 heavy (non-hydrogen) atoms. The number of fused-ring (bicyclic) bond motifs is 6. The van der Waals surface area contributed by atoms with E-state index >= 15 is 0 Å². The minimum absolute atomic E-state index is 0.112. The number of nitrogens with one attached hydrogen (secondary N) is 2. The van der Waals surface area contributed by atoms with Crippen molar-refractivity contribution in [1.29, 1.82) is 0 Å². The van der Waals surface area contributed by atoms with Crippen molar-refractivity contribution < 1.29 is 0 Å². The van der Waals surface area contributed by atoms with Gasteiger partial charge in [0.25, 0.3) is 0 Å². The van der Waals surface area contributed by atoms with Gasteiger partial charge in [-0.25, -0.2) is 0 Å². The van der Waals surface area contributed by atoms with Gasteiger partial charge >= 0.3 is 0 Å². The average molecular weight is 719 g/mol. The molecule has 0 bridgehead atoms. The minimum atomic E-state index is 0.112. The van der Waals surface area contributed by atoms with E-state index in [4.69, 9.17) is 0 Å². The summed E-state index contributed by atoms with van der Waals surface area (Å²) >= 11 is 0. The van der Waals surface area contributed by atoms with Crippen LogP contribution in [0, 0.1) is 0 Å². The van der Waals surface area contributed by atoms with E-state index in [0.29, 0.717) is 0 Å². The molecular weight excluding hydrogens is 681 g/mol. The van der Waals surface area contributed by atoms with Crippen LogP contribution < -0.4 is 10.6 Å². The van der Waals surface area contributed by atoms with Crippen LogP contribution in [-0.2, 0) is 0 Å². The molecule has 0 saturated heterocycles. The smallest absolute Gasteiger partial charge is 0.0681 e. The van der Waals surface area contributed by atoms with Gasteiger partial charge in [-0.05, 0) is 101 Å². The van der Waals surface area contributed by atoms with Gasteiger partial charge in [0.15, 0.2) is 0 Å². The Hall–Kier alpha value is -7.30. The summed E-state index contributed by atoms with van der Waals surface area (Å²) in [6.45, 7) is 0.796. The van der Waals surface area contributed by atoms with Crippen molar-refractivity contribution in [2.45, 2.75) is 6.04 Å². The zero-order valence-corrected chi connectivity index (χ0v) is 30.7. The number of rotatable bonds is 6. The summed E-state index contributed by atoms with van der Waals surface area (Å²) in [6.07, 6.45) is 11.1. The molecule has 11 rings (SSSR count). The van der Waals surface area contributed by atoms with Crippen LogP contribution in [0.4, 0.5) is 0 Å². The van der Waals surface area contributed by atoms with E-state index in [2.05, 4.69) is 220 Å². The Labute approximate surface area is 325 Å². The molecule has 4 heterocycles. The number of dihydropyridines is 2. The largest absolute Gasteiger partial charge is 0.381 e. The summed E-state index contributed by atoms with van der Waals surface area (Å²) in [7, 11) is 0. The molecule has 9 aromatic rings. The van der Waals surface area contributed by atoms with E-state index in [1.54, 1.807) is 0 Å². The molecule has 1 atom stereocenters. The first-order chi connectivity index (χ1) is 27.8. The fourth-order valence-electron chi connectivity index (χ4n) is 8.71. The molecule has 2 aliphatic heterocycles. The molecule has 2 aromatic heterocycles. The number of para-hydroxylation sites is 3. The molecule has 2 N–H and O–H groups in total. The second-order valence-corrected chi connectivity index (χ2v) is 14.7. The average Bonchev–Trinajstić information content (AvgIpc) is 3.79. The lowest BCUT2D eigenvalue weighted by molar-refractivity contribution is 0.753. The van der Waals surface area contributed by atoms with Gasteiger partial charge in [-0.2, -0.15) is 0 Å². The molecule has 0 aliphatic carbocycles. The molecule has 7 aromatic carbocycles. The number of hydrogen-bond donors (Lipinski definition) is 2. The number of hydrogen-bond acceptors (Lipinski definition) is 2. The first-order valence-corrected chi connectivity index (χ1v) is 19.3. The van der Waals surface area contributed by atoms with Gasteiger partial charge in [0.2, 0.25) is 0 Å². The monoisotopic (exact) mass is 718 g/mol. The van der Waals surface area contributed by atoms with Gasteiger partial charge in [0.1, 0.15) is 0 Å². The van der Waals surface area contributed by atoms with Crippen LogP contribution in [0.1, 0.15) is 11.1 Å². The number of benzene rings is 7. The maximum absolute atomic E-state index is 3.83. The Morgan fingerprint density at radius 3 is 1.64 bits per heavy atom. The van der Waals surface area contributed by atoms with Crippen molar-refractivity contribution in [2.24, 2.45) is 0 Å². The zero-order valence-electron chi connectivity index (χ0n) is 30.7. The van der Waals surface area contributed by atoms with Crippen molar-refractivity contribution in [2.75, 3.05) is 6.54 Å². The molecule has 4 heteroatoms. The summed E-state index contributed by atoms with van der Waals surface area (Å²) in [4.78, 5) is 0. The minimum Gasteiger partial charge on any atom is -0.381 e.